The van der Waals surface area contributed by atoms with Gasteiger partial charge in [-0.05, 0) is 37.1 Å². The van der Waals surface area contributed by atoms with Crippen molar-refractivity contribution in [1.82, 2.24) is 5.32 Å². The highest BCUT2D eigenvalue weighted by molar-refractivity contribution is 5.93. The quantitative estimate of drug-likeness (QED) is 0.649. The summed E-state index contributed by atoms with van der Waals surface area (Å²) in [4.78, 5) is 34.7. The van der Waals surface area contributed by atoms with Crippen LogP contribution in [0, 0.1) is 0 Å². The molecule has 28 heavy (non-hydrogen) atoms. The van der Waals surface area contributed by atoms with Gasteiger partial charge in [0.25, 0.3) is 5.91 Å². The molecule has 0 spiro atoms. The number of hydrogen-bond donors (Lipinski definition) is 1. The van der Waals surface area contributed by atoms with Gasteiger partial charge >= 0.3 is 5.63 Å². The maximum Gasteiger partial charge on any atom is 0.336 e. The van der Waals surface area contributed by atoms with Gasteiger partial charge in [0.2, 0.25) is 0 Å². The number of benzene rings is 2. The first-order valence-corrected chi connectivity index (χ1v) is 8.66. The van der Waals surface area contributed by atoms with E-state index in [0.717, 1.165) is 16.5 Å². The second-order valence-electron chi connectivity index (χ2n) is 6.31. The summed E-state index contributed by atoms with van der Waals surface area (Å²) in [7, 11) is 0. The molecule has 2 atom stereocenters. The number of fused-ring (bicyclic) bond motifs is 1. The Morgan fingerprint density at radius 2 is 1.79 bits per heavy atom. The molecule has 1 heterocycles. The highest BCUT2D eigenvalue weighted by Gasteiger charge is 2.18. The van der Waals surface area contributed by atoms with Gasteiger partial charge in [-0.1, -0.05) is 30.3 Å². The van der Waals surface area contributed by atoms with Crippen molar-refractivity contribution < 1.29 is 23.8 Å². The summed E-state index contributed by atoms with van der Waals surface area (Å²) in [6.45, 7) is 2.79. The second-order valence-corrected chi connectivity index (χ2v) is 6.31. The summed E-state index contributed by atoms with van der Waals surface area (Å²) in [5, 5.41) is 13.7. The third kappa shape index (κ3) is 4.20. The fraction of sp³-hybridized carbons (Fsp3) is 0.190. The molecule has 144 valence electrons. The molecule has 3 rings (SSSR count). The Morgan fingerprint density at radius 1 is 1.07 bits per heavy atom. The van der Waals surface area contributed by atoms with Gasteiger partial charge in [-0.3, -0.25) is 4.79 Å². The van der Waals surface area contributed by atoms with E-state index >= 15 is 0 Å². The van der Waals surface area contributed by atoms with E-state index in [0.29, 0.717) is 11.3 Å². The number of hydrogen-bond acceptors (Lipinski definition) is 6. The topological polar surface area (TPSA) is 109 Å². The van der Waals surface area contributed by atoms with Gasteiger partial charge in [0, 0.05) is 17.5 Å². The Labute approximate surface area is 160 Å². The standard InChI is InChI=1S/C21H19NO6/c1-12(21(25)26)22-20(24)13(2)27-15-8-9-16-17(14-6-4-3-5-7-14)11-19(23)28-18(16)10-15/h3-13H,1-2H3,(H,22,24)(H,25,26)/p-1/t12-,13-/m1/s1. The predicted octanol–water partition coefficient (Wildman–Crippen LogP) is 1.48. The normalized spacial score (nSPS) is 12.9. The van der Waals surface area contributed by atoms with Gasteiger partial charge in [0.05, 0.1) is 12.0 Å². The summed E-state index contributed by atoms with van der Waals surface area (Å²) >= 11 is 0. The van der Waals surface area contributed by atoms with E-state index in [1.54, 1.807) is 12.1 Å². The Hall–Kier alpha value is -3.61. The fourth-order valence-corrected chi connectivity index (χ4v) is 2.72. The molecule has 1 aromatic heterocycles. The number of nitrogens with one attached hydrogen (secondary N) is 1. The van der Waals surface area contributed by atoms with Crippen molar-refractivity contribution in [2.45, 2.75) is 26.0 Å². The fourth-order valence-electron chi connectivity index (χ4n) is 2.72. The maximum absolute atomic E-state index is 12.0. The zero-order valence-corrected chi connectivity index (χ0v) is 15.3. The number of carbonyl (C=O) groups excluding carboxylic acids is 2. The van der Waals surface area contributed by atoms with Gasteiger partial charge in [0.15, 0.2) is 6.10 Å². The number of rotatable bonds is 6. The van der Waals surface area contributed by atoms with Crippen LogP contribution < -0.4 is 20.8 Å². The lowest BCUT2D eigenvalue weighted by Gasteiger charge is -2.19. The van der Waals surface area contributed by atoms with E-state index in [-0.39, 0.29) is 0 Å². The van der Waals surface area contributed by atoms with Crippen molar-refractivity contribution in [3.05, 3.63) is 65.0 Å². The Kier molecular flexibility index (Phi) is 5.44. The van der Waals surface area contributed by atoms with E-state index in [1.165, 1.54) is 26.0 Å². The molecule has 0 radical (unpaired) electrons. The van der Waals surface area contributed by atoms with Crippen LogP contribution in [0.3, 0.4) is 0 Å². The van der Waals surface area contributed by atoms with Gasteiger partial charge in [0.1, 0.15) is 11.3 Å². The van der Waals surface area contributed by atoms with Crippen LogP contribution in [-0.4, -0.2) is 24.0 Å². The molecular formula is C21H18NO6-. The number of carbonyl (C=O) groups is 2. The zero-order chi connectivity index (χ0) is 20.3. The van der Waals surface area contributed by atoms with Gasteiger partial charge in [-0.15, -0.1) is 0 Å². The predicted molar refractivity (Wildman–Crippen MR) is 101 cm³/mol. The molecule has 0 aliphatic heterocycles. The van der Waals surface area contributed by atoms with Crippen molar-refractivity contribution in [3.63, 3.8) is 0 Å². The molecule has 7 nitrogen and oxygen atoms in total. The van der Waals surface area contributed by atoms with E-state index in [1.807, 2.05) is 30.3 Å². The van der Waals surface area contributed by atoms with Crippen LogP contribution in [0.4, 0.5) is 0 Å². The summed E-state index contributed by atoms with van der Waals surface area (Å²) in [5.41, 5.74) is 1.42. The lowest BCUT2D eigenvalue weighted by molar-refractivity contribution is -0.307. The van der Waals surface area contributed by atoms with Crippen molar-refractivity contribution in [2.24, 2.45) is 0 Å². The minimum atomic E-state index is -1.39. The van der Waals surface area contributed by atoms with E-state index in [2.05, 4.69) is 5.32 Å². The first-order valence-electron chi connectivity index (χ1n) is 8.66. The van der Waals surface area contributed by atoms with Gasteiger partial charge in [-0.25, -0.2) is 4.79 Å². The maximum atomic E-state index is 12.0. The molecular weight excluding hydrogens is 362 g/mol. The van der Waals surface area contributed by atoms with Gasteiger partial charge < -0.3 is 24.4 Å². The molecule has 7 heteroatoms. The molecule has 0 fully saturated rings. The highest BCUT2D eigenvalue weighted by atomic mass is 16.5. The van der Waals surface area contributed by atoms with Crippen LogP contribution in [0.2, 0.25) is 0 Å². The highest BCUT2D eigenvalue weighted by Crippen LogP contribution is 2.29. The summed E-state index contributed by atoms with van der Waals surface area (Å²) in [5.74, 6) is -1.68. The van der Waals surface area contributed by atoms with Crippen molar-refractivity contribution in [2.75, 3.05) is 0 Å². The molecule has 2 aromatic carbocycles. The summed E-state index contributed by atoms with van der Waals surface area (Å²) < 4.78 is 10.8. The number of ether oxygens (including phenoxy) is 1. The Bertz CT molecular complexity index is 1070. The molecule has 0 saturated carbocycles. The monoisotopic (exact) mass is 380 g/mol. The lowest BCUT2D eigenvalue weighted by Crippen LogP contribution is -2.49. The Balaban J connectivity index is 1.88. The number of carboxylic acid groups (broad SMARTS) is 1. The van der Waals surface area contributed by atoms with Crippen molar-refractivity contribution >= 4 is 22.8 Å². The number of aliphatic carboxylic acids is 1. The molecule has 0 aliphatic carbocycles. The van der Waals surface area contributed by atoms with Crippen LogP contribution in [0.1, 0.15) is 13.8 Å². The molecule has 0 saturated heterocycles. The van der Waals surface area contributed by atoms with Crippen LogP contribution >= 0.6 is 0 Å². The van der Waals surface area contributed by atoms with Crippen LogP contribution in [0.15, 0.2) is 63.8 Å². The molecule has 1 N–H and O–H groups in total. The van der Waals surface area contributed by atoms with Gasteiger partial charge in [-0.2, -0.15) is 0 Å². The average Bonchev–Trinajstić information content (AvgIpc) is 2.67. The van der Waals surface area contributed by atoms with Crippen molar-refractivity contribution in [1.29, 1.82) is 0 Å². The third-order valence-electron chi connectivity index (χ3n) is 4.20. The molecule has 1 amide bonds. The average molecular weight is 380 g/mol. The first kappa shape index (κ1) is 19.2. The molecule has 0 bridgehead atoms. The smallest absolute Gasteiger partial charge is 0.336 e. The molecule has 3 aromatic rings. The first-order chi connectivity index (χ1) is 13.3. The van der Waals surface area contributed by atoms with E-state index < -0.39 is 29.6 Å². The number of carboxylic acids is 1. The minimum Gasteiger partial charge on any atom is -0.548 e. The third-order valence-corrected chi connectivity index (χ3v) is 4.20. The zero-order valence-electron chi connectivity index (χ0n) is 15.3. The van der Waals surface area contributed by atoms with Crippen molar-refractivity contribution in [3.8, 4) is 16.9 Å². The van der Waals surface area contributed by atoms with Crippen LogP contribution in [0.5, 0.6) is 5.75 Å². The van der Waals surface area contributed by atoms with E-state index in [9.17, 15) is 19.5 Å². The summed E-state index contributed by atoms with van der Waals surface area (Å²) in [6.07, 6.45) is -0.955. The molecule has 0 unspecified atom stereocenters. The minimum absolute atomic E-state index is 0.310. The molecule has 0 aliphatic rings. The lowest BCUT2D eigenvalue weighted by atomic mass is 10.0. The SMILES string of the molecule is C[C@@H](NC(=O)[C@@H](C)Oc1ccc2c(-c3ccccc3)cc(=O)oc2c1)C(=O)[O-]. The Morgan fingerprint density at radius 3 is 2.46 bits per heavy atom. The second kappa shape index (κ2) is 7.96. The van der Waals surface area contributed by atoms with E-state index in [4.69, 9.17) is 9.15 Å². The van der Waals surface area contributed by atoms with Crippen LogP contribution in [-0.2, 0) is 9.59 Å². The number of amides is 1. The summed E-state index contributed by atoms with van der Waals surface area (Å²) in [6, 6.07) is 14.6. The largest absolute Gasteiger partial charge is 0.548 e. The van der Waals surface area contributed by atoms with Crippen LogP contribution in [0.25, 0.3) is 22.1 Å².